The maximum Gasteiger partial charge on any atom is 0.318 e. The second-order valence-electron chi connectivity index (χ2n) is 14.5. The molecule has 12 heteroatoms. The van der Waals surface area contributed by atoms with Crippen molar-refractivity contribution in [3.8, 4) is 11.8 Å². The number of phenols is 1. The van der Waals surface area contributed by atoms with E-state index in [4.69, 9.17) is 19.4 Å². The first kappa shape index (κ1) is 32.6. The van der Waals surface area contributed by atoms with Crippen molar-refractivity contribution in [2.24, 2.45) is 0 Å². The lowest BCUT2D eigenvalue weighted by atomic mass is 9.91. The van der Waals surface area contributed by atoms with Crippen LogP contribution >= 0.6 is 0 Å². The summed E-state index contributed by atoms with van der Waals surface area (Å²) in [6.07, 6.45) is 4.34. The summed E-state index contributed by atoms with van der Waals surface area (Å²) in [5.41, 5.74) is 5.53. The fourth-order valence-electron chi connectivity index (χ4n) is 8.51. The van der Waals surface area contributed by atoms with E-state index in [9.17, 15) is 9.90 Å². The minimum atomic E-state index is -0.466. The number of aryl methyl sites for hydroxylation is 2. The molecular formula is C38H44FN7O4. The van der Waals surface area contributed by atoms with Gasteiger partial charge in [-0.2, -0.15) is 15.1 Å². The zero-order chi connectivity index (χ0) is 34.7. The van der Waals surface area contributed by atoms with E-state index in [0.717, 1.165) is 84.4 Å². The second-order valence-corrected chi connectivity index (χ2v) is 14.5. The Kier molecular flexibility index (Phi) is 8.26. The molecule has 2 atom stereocenters. The third-order valence-corrected chi connectivity index (χ3v) is 10.9. The van der Waals surface area contributed by atoms with Gasteiger partial charge in [0.2, 0.25) is 0 Å². The molecule has 0 radical (unpaired) electrons. The van der Waals surface area contributed by atoms with Crippen molar-refractivity contribution in [1.82, 2.24) is 29.5 Å². The van der Waals surface area contributed by atoms with Crippen LogP contribution in [-0.4, -0.2) is 86.4 Å². The van der Waals surface area contributed by atoms with E-state index in [0.29, 0.717) is 49.8 Å². The number of phenolic OH excluding ortho intramolecular Hbond substituents is 1. The van der Waals surface area contributed by atoms with Crippen LogP contribution in [0.15, 0.2) is 42.5 Å². The van der Waals surface area contributed by atoms with Gasteiger partial charge < -0.3 is 24.4 Å². The van der Waals surface area contributed by atoms with E-state index < -0.39 is 6.10 Å². The lowest BCUT2D eigenvalue weighted by Gasteiger charge is -2.33. The van der Waals surface area contributed by atoms with Crippen LogP contribution in [0.3, 0.4) is 0 Å². The van der Waals surface area contributed by atoms with Crippen LogP contribution in [0.1, 0.15) is 77.3 Å². The maximum absolute atomic E-state index is 15.1. The quantitative estimate of drug-likeness (QED) is 0.259. The van der Waals surface area contributed by atoms with Gasteiger partial charge >= 0.3 is 6.01 Å². The molecule has 0 unspecified atom stereocenters. The number of aromatic hydroxyl groups is 1. The van der Waals surface area contributed by atoms with Crippen LogP contribution < -0.4 is 9.64 Å². The Hall–Kier alpha value is -4.55. The minimum Gasteiger partial charge on any atom is -0.508 e. The summed E-state index contributed by atoms with van der Waals surface area (Å²) in [5, 5.41) is 16.9. The van der Waals surface area contributed by atoms with Crippen LogP contribution in [0.4, 0.5) is 10.2 Å². The Bertz CT molecular complexity index is 2010. The van der Waals surface area contributed by atoms with Crippen LogP contribution in [0.5, 0.6) is 11.8 Å². The molecule has 8 rings (SSSR count). The number of nitrogens with zero attached hydrogens (tertiary/aromatic N) is 7. The van der Waals surface area contributed by atoms with Crippen molar-refractivity contribution in [1.29, 1.82) is 0 Å². The van der Waals surface area contributed by atoms with Crippen molar-refractivity contribution < 1.29 is 23.8 Å². The molecule has 262 valence electrons. The molecule has 2 aromatic carbocycles. The van der Waals surface area contributed by atoms with Gasteiger partial charge in [0.15, 0.2) is 5.69 Å². The molecule has 50 heavy (non-hydrogen) atoms. The van der Waals surface area contributed by atoms with Gasteiger partial charge in [0.1, 0.15) is 24.0 Å². The molecule has 2 fully saturated rings. The molecule has 11 nitrogen and oxygen atoms in total. The van der Waals surface area contributed by atoms with Crippen molar-refractivity contribution in [3.05, 3.63) is 82.1 Å². The summed E-state index contributed by atoms with van der Waals surface area (Å²) in [4.78, 5) is 29.1. The first-order valence-corrected chi connectivity index (χ1v) is 17.7. The number of ether oxygens (including phenoxy) is 2. The Morgan fingerprint density at radius 3 is 2.84 bits per heavy atom. The number of rotatable bonds is 7. The number of benzene rings is 2. The molecule has 0 aliphatic carbocycles. The Morgan fingerprint density at radius 1 is 1.16 bits per heavy atom. The van der Waals surface area contributed by atoms with Crippen LogP contribution in [-0.2, 0) is 37.3 Å². The lowest BCUT2D eigenvalue weighted by Crippen LogP contribution is -2.43. The molecule has 4 aliphatic heterocycles. The molecule has 1 amide bonds. The monoisotopic (exact) mass is 681 g/mol. The fraction of sp³-hybridized carbons (Fsp3) is 0.474. The van der Waals surface area contributed by atoms with Crippen molar-refractivity contribution >= 4 is 22.5 Å². The number of fused-ring (bicyclic) bond motifs is 4. The average molecular weight is 682 g/mol. The zero-order valence-corrected chi connectivity index (χ0v) is 29.0. The summed E-state index contributed by atoms with van der Waals surface area (Å²) in [7, 11) is 3.46. The highest BCUT2D eigenvalue weighted by Crippen LogP contribution is 2.43. The summed E-state index contributed by atoms with van der Waals surface area (Å²) in [6, 6.07) is 8.73. The largest absolute Gasteiger partial charge is 0.508 e. The van der Waals surface area contributed by atoms with E-state index in [1.54, 1.807) is 32.3 Å². The topological polar surface area (TPSA) is 109 Å². The third kappa shape index (κ3) is 5.68. The molecule has 0 bridgehead atoms. The maximum atomic E-state index is 15.1. The standard InChI is InChI=1S/C38H44FN7O4/c1-5-27-30(39)9-8-24-14-26(47)16-28(34(24)27)33-17-31-29(21-49-33)35(41-37(40-31)50-22-38-10-6-12-45(38)19-23(2)18-38)44-11-7-13-46-25(20-44)15-32(42-46)36(48)43(3)4/h8-9,14-16,33,47H,2,5-7,10-13,17-22H2,1,3-4H3/t33-,38+/m1/s1. The summed E-state index contributed by atoms with van der Waals surface area (Å²) >= 11 is 0. The van der Waals surface area contributed by atoms with Crippen molar-refractivity contribution in [2.75, 3.05) is 45.2 Å². The van der Waals surface area contributed by atoms with Crippen molar-refractivity contribution in [2.45, 2.75) is 76.8 Å². The Labute approximate surface area is 291 Å². The fourth-order valence-corrected chi connectivity index (χ4v) is 8.51. The first-order chi connectivity index (χ1) is 24.1. The predicted octanol–water partition coefficient (Wildman–Crippen LogP) is 5.33. The summed E-state index contributed by atoms with van der Waals surface area (Å²) in [6.45, 7) is 10.8. The molecule has 6 heterocycles. The third-order valence-electron chi connectivity index (χ3n) is 10.9. The van der Waals surface area contributed by atoms with Crippen LogP contribution in [0.25, 0.3) is 10.8 Å². The second kappa shape index (κ2) is 12.6. The van der Waals surface area contributed by atoms with Gasteiger partial charge in [-0.25, -0.2) is 4.39 Å². The van der Waals surface area contributed by atoms with Gasteiger partial charge in [0, 0.05) is 45.7 Å². The number of carbonyl (C=O) groups excluding carboxylic acids is 1. The van der Waals surface area contributed by atoms with E-state index >= 15 is 4.39 Å². The van der Waals surface area contributed by atoms with Gasteiger partial charge in [0.05, 0.1) is 36.2 Å². The van der Waals surface area contributed by atoms with Gasteiger partial charge in [-0.1, -0.05) is 25.1 Å². The van der Waals surface area contributed by atoms with E-state index in [1.807, 2.05) is 17.7 Å². The van der Waals surface area contributed by atoms with Crippen LogP contribution in [0, 0.1) is 5.82 Å². The first-order valence-electron chi connectivity index (χ1n) is 17.7. The highest BCUT2D eigenvalue weighted by molar-refractivity contribution is 5.92. The van der Waals surface area contributed by atoms with Crippen LogP contribution in [0.2, 0.25) is 0 Å². The molecule has 0 saturated carbocycles. The average Bonchev–Trinajstić information content (AvgIpc) is 3.73. The van der Waals surface area contributed by atoms with E-state index in [2.05, 4.69) is 21.5 Å². The molecule has 0 spiro atoms. The molecule has 4 aromatic rings. The van der Waals surface area contributed by atoms with Gasteiger partial charge in [-0.3, -0.25) is 14.4 Å². The number of halogens is 1. The predicted molar refractivity (Wildman–Crippen MR) is 187 cm³/mol. The summed E-state index contributed by atoms with van der Waals surface area (Å²) < 4.78 is 30.1. The normalized spacial score (nSPS) is 22.0. The SMILES string of the molecule is C=C1CN2CCC[C@@]2(COc2nc3c(c(N4CCCn5nc(C(=O)N(C)C)cc5C4)n2)CO[C@@H](c2cc(O)cc4ccc(F)c(CC)c24)C3)C1. The van der Waals surface area contributed by atoms with E-state index in [1.165, 1.54) is 16.5 Å². The number of aromatic nitrogens is 4. The van der Waals surface area contributed by atoms with E-state index in [-0.39, 0.29) is 29.6 Å². The minimum absolute atomic E-state index is 0.0895. The molecule has 4 aliphatic rings. The highest BCUT2D eigenvalue weighted by Gasteiger charge is 2.46. The molecule has 1 N–H and O–H groups in total. The highest BCUT2D eigenvalue weighted by atomic mass is 19.1. The number of carbonyl (C=O) groups is 1. The zero-order valence-electron chi connectivity index (χ0n) is 29.0. The van der Waals surface area contributed by atoms with Gasteiger partial charge in [-0.05, 0) is 84.8 Å². The summed E-state index contributed by atoms with van der Waals surface area (Å²) in [5.74, 6) is 0.451. The Morgan fingerprint density at radius 2 is 2.02 bits per heavy atom. The molecule has 2 saturated heterocycles. The van der Waals surface area contributed by atoms with Gasteiger partial charge in [0.25, 0.3) is 5.91 Å². The number of amides is 1. The van der Waals surface area contributed by atoms with Crippen molar-refractivity contribution in [3.63, 3.8) is 0 Å². The molecule has 2 aromatic heterocycles. The number of hydrogen-bond donors (Lipinski definition) is 1. The smallest absolute Gasteiger partial charge is 0.318 e. The molecular weight excluding hydrogens is 637 g/mol. The van der Waals surface area contributed by atoms with Gasteiger partial charge in [-0.15, -0.1) is 0 Å². The lowest BCUT2D eigenvalue weighted by molar-refractivity contribution is 0.0262. The number of anilines is 1. The Balaban J connectivity index is 1.17. The number of hydrogen-bond acceptors (Lipinski definition) is 9.